The molecule has 7 nitrogen and oxygen atoms in total. The highest BCUT2D eigenvalue weighted by molar-refractivity contribution is 5.73. The van der Waals surface area contributed by atoms with Gasteiger partial charge in [0.2, 0.25) is 5.88 Å². The van der Waals surface area contributed by atoms with Crippen LogP contribution in [0.2, 0.25) is 0 Å². The second kappa shape index (κ2) is 9.37. The minimum absolute atomic E-state index is 0.161. The number of aromatic nitrogens is 2. The van der Waals surface area contributed by atoms with E-state index in [1.807, 2.05) is 30.3 Å². The average Bonchev–Trinajstić information content (AvgIpc) is 2.81. The van der Waals surface area contributed by atoms with Gasteiger partial charge in [-0.2, -0.15) is 5.26 Å². The second-order valence-electron chi connectivity index (χ2n) is 7.10. The predicted octanol–water partition coefficient (Wildman–Crippen LogP) is 3.38. The number of fused-ring (bicyclic) bond motifs is 7. The smallest absolute Gasteiger partial charge is 0.309 e. The maximum absolute atomic E-state index is 11.8. The average molecular weight is 415 g/mol. The molecule has 1 aliphatic heterocycles. The molecule has 0 atom stereocenters. The van der Waals surface area contributed by atoms with E-state index in [9.17, 15) is 10.1 Å². The van der Waals surface area contributed by atoms with Crippen molar-refractivity contribution < 1.29 is 19.0 Å². The number of esters is 1. The first-order valence-electron chi connectivity index (χ1n) is 9.92. The van der Waals surface area contributed by atoms with Crippen LogP contribution >= 0.6 is 0 Å². The third-order valence-corrected chi connectivity index (χ3v) is 5.05. The van der Waals surface area contributed by atoms with Gasteiger partial charge >= 0.3 is 5.97 Å². The van der Waals surface area contributed by atoms with Gasteiger partial charge < -0.3 is 14.2 Å². The molecule has 0 radical (unpaired) electrons. The van der Waals surface area contributed by atoms with Crippen LogP contribution in [0.15, 0.2) is 48.5 Å². The van der Waals surface area contributed by atoms with Crippen molar-refractivity contribution in [1.29, 1.82) is 5.26 Å². The van der Waals surface area contributed by atoms with Crippen LogP contribution in [0, 0.1) is 11.3 Å². The number of methoxy groups -OCH3 is 1. The second-order valence-corrected chi connectivity index (χ2v) is 7.10. The summed E-state index contributed by atoms with van der Waals surface area (Å²) in [6.07, 6.45) is 0.656. The molecule has 3 aromatic rings. The number of benzene rings is 1. The molecule has 0 unspecified atom stereocenters. The van der Waals surface area contributed by atoms with Crippen LogP contribution in [0.25, 0.3) is 11.3 Å². The molecule has 6 bridgehead atoms. The number of nitrogens with zero attached hydrogens (tertiary/aromatic N) is 3. The number of carbonyl (C=O) groups is 1. The van der Waals surface area contributed by atoms with E-state index in [0.29, 0.717) is 36.8 Å². The van der Waals surface area contributed by atoms with Crippen molar-refractivity contribution in [3.05, 3.63) is 76.6 Å². The number of hydrogen-bond donors (Lipinski definition) is 0. The summed E-state index contributed by atoms with van der Waals surface area (Å²) in [5, 5.41) is 9.39. The zero-order chi connectivity index (χ0) is 21.6. The van der Waals surface area contributed by atoms with Crippen molar-refractivity contribution >= 4 is 5.97 Å². The van der Waals surface area contributed by atoms with Crippen molar-refractivity contribution in [2.24, 2.45) is 0 Å². The summed E-state index contributed by atoms with van der Waals surface area (Å²) in [6, 6.07) is 17.1. The summed E-state index contributed by atoms with van der Waals surface area (Å²) >= 11 is 0. The molecule has 156 valence electrons. The molecular weight excluding hydrogens is 394 g/mol. The van der Waals surface area contributed by atoms with Crippen molar-refractivity contribution in [1.82, 2.24) is 9.97 Å². The van der Waals surface area contributed by atoms with Crippen LogP contribution in [0.3, 0.4) is 0 Å². The Morgan fingerprint density at radius 2 is 2.06 bits per heavy atom. The summed E-state index contributed by atoms with van der Waals surface area (Å²) in [7, 11) is 1.37. The first-order chi connectivity index (χ1) is 15.2. The van der Waals surface area contributed by atoms with Gasteiger partial charge in [-0.3, -0.25) is 9.78 Å². The SMILES string of the molecule is COC(=O)Cc1ccc2cc1COCCc1nc(ccc1C#N)COc1cccc-2n1. The summed E-state index contributed by atoms with van der Waals surface area (Å²) in [5.41, 5.74) is 5.29. The molecule has 1 aromatic carbocycles. The zero-order valence-corrected chi connectivity index (χ0v) is 17.1. The van der Waals surface area contributed by atoms with Gasteiger partial charge in [-0.05, 0) is 35.4 Å². The molecule has 4 rings (SSSR count). The Morgan fingerprint density at radius 3 is 2.90 bits per heavy atom. The Kier molecular flexibility index (Phi) is 6.20. The Bertz CT molecular complexity index is 1150. The first-order valence-corrected chi connectivity index (χ1v) is 9.92. The summed E-state index contributed by atoms with van der Waals surface area (Å²) in [5.74, 6) is 0.171. The lowest BCUT2D eigenvalue weighted by atomic mass is 10.00. The van der Waals surface area contributed by atoms with E-state index >= 15 is 0 Å². The standard InChI is InChI=1S/C24H21N3O4/c1-29-24(28)12-16-5-6-17-11-19(16)14-30-10-9-22-18(13-25)7-8-20(26-22)15-31-23-4-2-3-21(17)27-23/h2-8,11H,9-10,12,14-15H2,1H3. The molecule has 0 amide bonds. The van der Waals surface area contributed by atoms with E-state index < -0.39 is 0 Å². The zero-order valence-electron chi connectivity index (χ0n) is 17.1. The monoisotopic (exact) mass is 415 g/mol. The molecule has 3 heterocycles. The molecule has 0 N–H and O–H groups in total. The number of ether oxygens (including phenoxy) is 3. The van der Waals surface area contributed by atoms with Crippen LogP contribution < -0.4 is 4.74 Å². The molecule has 0 spiro atoms. The van der Waals surface area contributed by atoms with Crippen molar-refractivity contribution in [2.75, 3.05) is 13.7 Å². The minimum atomic E-state index is -0.312. The van der Waals surface area contributed by atoms with Crippen LogP contribution in [-0.4, -0.2) is 29.7 Å². The number of hydrogen-bond acceptors (Lipinski definition) is 7. The van der Waals surface area contributed by atoms with E-state index in [1.54, 1.807) is 18.2 Å². The molecule has 0 saturated carbocycles. The molecule has 0 aliphatic carbocycles. The quantitative estimate of drug-likeness (QED) is 0.592. The summed E-state index contributed by atoms with van der Waals surface area (Å²) in [4.78, 5) is 21.0. The summed E-state index contributed by atoms with van der Waals surface area (Å²) in [6.45, 7) is 0.956. The summed E-state index contributed by atoms with van der Waals surface area (Å²) < 4.78 is 16.6. The highest BCUT2D eigenvalue weighted by Crippen LogP contribution is 2.25. The van der Waals surface area contributed by atoms with Gasteiger partial charge in [0.1, 0.15) is 12.7 Å². The third kappa shape index (κ3) is 4.87. The Hall–Kier alpha value is -3.76. The lowest BCUT2D eigenvalue weighted by molar-refractivity contribution is -0.139. The van der Waals surface area contributed by atoms with E-state index in [2.05, 4.69) is 16.0 Å². The number of rotatable bonds is 2. The van der Waals surface area contributed by atoms with Crippen molar-refractivity contribution in [3.63, 3.8) is 0 Å². The number of carbonyl (C=O) groups excluding carboxylic acids is 1. The van der Waals surface area contributed by atoms with Gasteiger partial charge in [-0.25, -0.2) is 4.98 Å². The van der Waals surface area contributed by atoms with Gasteiger partial charge in [0, 0.05) is 18.1 Å². The molecule has 2 aromatic heterocycles. The van der Waals surface area contributed by atoms with Gasteiger partial charge in [-0.15, -0.1) is 0 Å². The highest BCUT2D eigenvalue weighted by atomic mass is 16.5. The highest BCUT2D eigenvalue weighted by Gasteiger charge is 2.13. The Morgan fingerprint density at radius 1 is 1.16 bits per heavy atom. The fourth-order valence-electron chi connectivity index (χ4n) is 3.39. The maximum atomic E-state index is 11.8. The van der Waals surface area contributed by atoms with Gasteiger partial charge in [0.15, 0.2) is 0 Å². The van der Waals surface area contributed by atoms with Crippen LogP contribution in [0.1, 0.15) is 28.1 Å². The van der Waals surface area contributed by atoms with Gasteiger partial charge in [-0.1, -0.05) is 18.2 Å². The van der Waals surface area contributed by atoms with E-state index in [4.69, 9.17) is 14.2 Å². The molecule has 31 heavy (non-hydrogen) atoms. The molecule has 0 fully saturated rings. The number of pyridine rings is 2. The van der Waals surface area contributed by atoms with Crippen LogP contribution in [0.5, 0.6) is 5.88 Å². The third-order valence-electron chi connectivity index (χ3n) is 5.05. The lowest BCUT2D eigenvalue weighted by Crippen LogP contribution is -2.09. The maximum Gasteiger partial charge on any atom is 0.309 e. The first kappa shape index (κ1) is 20.5. The van der Waals surface area contributed by atoms with E-state index in [1.165, 1.54) is 7.11 Å². The Labute approximate surface area is 180 Å². The van der Waals surface area contributed by atoms with Crippen molar-refractivity contribution in [2.45, 2.75) is 26.1 Å². The number of nitriles is 1. The van der Waals surface area contributed by atoms with Gasteiger partial charge in [0.25, 0.3) is 0 Å². The fraction of sp³-hybridized carbons (Fsp3) is 0.250. The molecule has 0 saturated heterocycles. The van der Waals surface area contributed by atoms with E-state index in [0.717, 1.165) is 28.1 Å². The van der Waals surface area contributed by atoms with Crippen LogP contribution in [-0.2, 0) is 40.3 Å². The van der Waals surface area contributed by atoms with Crippen molar-refractivity contribution in [3.8, 4) is 23.2 Å². The molecular formula is C24H21N3O4. The van der Waals surface area contributed by atoms with E-state index in [-0.39, 0.29) is 19.0 Å². The minimum Gasteiger partial charge on any atom is -0.471 e. The van der Waals surface area contributed by atoms with Gasteiger partial charge in [0.05, 0.1) is 49.4 Å². The normalized spacial score (nSPS) is 13.2. The lowest BCUT2D eigenvalue weighted by Gasteiger charge is -2.12. The predicted molar refractivity (Wildman–Crippen MR) is 112 cm³/mol. The Balaban J connectivity index is 1.71. The fourth-order valence-corrected chi connectivity index (χ4v) is 3.39. The topological polar surface area (TPSA) is 94.3 Å². The molecule has 1 aliphatic rings. The van der Waals surface area contributed by atoms with Crippen LogP contribution in [0.4, 0.5) is 0 Å². The molecule has 7 heteroatoms. The largest absolute Gasteiger partial charge is 0.471 e.